The lowest BCUT2D eigenvalue weighted by Gasteiger charge is -2.34. The summed E-state index contributed by atoms with van der Waals surface area (Å²) in [4.78, 5) is 49.3. The second-order valence-electron chi connectivity index (χ2n) is 12.4. The molecule has 3 N–H and O–H groups in total. The largest absolute Gasteiger partial charge is 0.382 e. The van der Waals surface area contributed by atoms with E-state index in [2.05, 4.69) is 20.4 Å². The van der Waals surface area contributed by atoms with Crippen LogP contribution >= 0.6 is 0 Å². The molecule has 14 heteroatoms. The third kappa shape index (κ3) is 5.22. The molecule has 6 heterocycles. The van der Waals surface area contributed by atoms with Crippen molar-refractivity contribution >= 4 is 28.8 Å². The first-order valence-corrected chi connectivity index (χ1v) is 15.5. The first-order chi connectivity index (χ1) is 22.5. The highest BCUT2D eigenvalue weighted by Crippen LogP contribution is 2.38. The van der Waals surface area contributed by atoms with Gasteiger partial charge in [-0.15, -0.1) is 0 Å². The van der Waals surface area contributed by atoms with E-state index < -0.39 is 28.9 Å². The second-order valence-corrected chi connectivity index (χ2v) is 12.4. The smallest absolute Gasteiger partial charge is 0.285 e. The first-order valence-electron chi connectivity index (χ1n) is 15.5. The minimum atomic E-state index is -1.95. The van der Waals surface area contributed by atoms with Gasteiger partial charge >= 0.3 is 0 Å². The first kappa shape index (κ1) is 30.3. The minimum Gasteiger partial charge on any atom is -0.382 e. The summed E-state index contributed by atoms with van der Waals surface area (Å²) < 4.78 is 35.0. The predicted octanol–water partition coefficient (Wildman–Crippen LogP) is 4.12. The molecule has 0 aliphatic carbocycles. The van der Waals surface area contributed by atoms with Crippen LogP contribution in [-0.4, -0.2) is 64.4 Å². The van der Waals surface area contributed by atoms with Crippen molar-refractivity contribution < 1.29 is 18.4 Å². The van der Waals surface area contributed by atoms with Gasteiger partial charge in [-0.3, -0.25) is 19.1 Å². The number of pyridine rings is 1. The number of rotatable bonds is 6. The summed E-state index contributed by atoms with van der Waals surface area (Å²) in [6.07, 6.45) is 5.38. The van der Waals surface area contributed by atoms with Crippen LogP contribution < -0.4 is 16.6 Å². The van der Waals surface area contributed by atoms with Gasteiger partial charge < -0.3 is 16.0 Å². The lowest BCUT2D eigenvalue weighted by Crippen LogP contribution is -2.46. The van der Waals surface area contributed by atoms with E-state index in [1.807, 2.05) is 6.07 Å². The molecule has 12 nitrogen and oxygen atoms in total. The molecule has 2 aliphatic heterocycles. The summed E-state index contributed by atoms with van der Waals surface area (Å²) in [6, 6.07) is 11.3. The van der Waals surface area contributed by atoms with Crippen molar-refractivity contribution in [2.24, 2.45) is 0 Å². The number of nitrogens with zero attached hydrogens (tertiary/aromatic N) is 7. The van der Waals surface area contributed by atoms with E-state index in [9.17, 15) is 18.8 Å². The molecule has 4 aromatic heterocycles. The number of likely N-dealkylation sites (tertiary alicyclic amines) is 1. The number of anilines is 2. The van der Waals surface area contributed by atoms with E-state index in [4.69, 9.17) is 5.73 Å². The number of nitrogens with one attached hydrogen (secondary N) is 1. The van der Waals surface area contributed by atoms with Gasteiger partial charge in [-0.2, -0.15) is 9.78 Å². The number of nitrogens with two attached hydrogens (primary N) is 1. The van der Waals surface area contributed by atoms with E-state index in [-0.39, 0.29) is 28.6 Å². The van der Waals surface area contributed by atoms with Crippen molar-refractivity contribution in [3.05, 3.63) is 88.1 Å². The van der Waals surface area contributed by atoms with Gasteiger partial charge in [-0.1, -0.05) is 6.07 Å². The fraction of sp³-hybridized carbons (Fsp3) is 0.333. The molecule has 1 saturated heterocycles. The molecule has 1 fully saturated rings. The molecular formula is C33H33F2N9O3. The van der Waals surface area contributed by atoms with E-state index in [1.54, 1.807) is 39.7 Å². The number of carbonyl (C=O) groups is 2. The Labute approximate surface area is 267 Å². The maximum Gasteiger partial charge on any atom is 0.285 e. The molecule has 5 aromatic rings. The summed E-state index contributed by atoms with van der Waals surface area (Å²) in [5.41, 5.74) is 6.54. The van der Waals surface area contributed by atoms with Crippen LogP contribution in [0.4, 0.5) is 20.3 Å². The van der Waals surface area contributed by atoms with Gasteiger partial charge in [0.25, 0.3) is 17.4 Å². The number of halogens is 2. The highest BCUT2D eigenvalue weighted by molar-refractivity contribution is 6.05. The highest BCUT2D eigenvalue weighted by atomic mass is 19.1. The Balaban J connectivity index is 1.17. The number of benzene rings is 1. The maximum atomic E-state index is 15.9. The van der Waals surface area contributed by atoms with Gasteiger partial charge in [0.2, 0.25) is 0 Å². The van der Waals surface area contributed by atoms with Crippen LogP contribution in [0.2, 0.25) is 0 Å². The zero-order valence-electron chi connectivity index (χ0n) is 25.9. The van der Waals surface area contributed by atoms with Crippen LogP contribution in [0.1, 0.15) is 60.8 Å². The number of carbonyl (C=O) groups excluding carboxylic acids is 2. The van der Waals surface area contributed by atoms with Crippen LogP contribution in [0.15, 0.2) is 59.8 Å². The molecule has 0 spiro atoms. The lowest BCUT2D eigenvalue weighted by atomic mass is 9.92. The van der Waals surface area contributed by atoms with Crippen LogP contribution in [0.25, 0.3) is 22.5 Å². The average Bonchev–Trinajstić information content (AvgIpc) is 3.74. The number of fused-ring (bicyclic) bond motifs is 2. The molecule has 0 saturated carbocycles. The second kappa shape index (κ2) is 11.4. The van der Waals surface area contributed by atoms with Crippen LogP contribution in [0.3, 0.4) is 0 Å². The van der Waals surface area contributed by atoms with E-state index >= 15 is 4.39 Å². The molecule has 0 radical (unpaired) electrons. The summed E-state index contributed by atoms with van der Waals surface area (Å²) in [6.45, 7) is 3.84. The van der Waals surface area contributed by atoms with Crippen molar-refractivity contribution in [2.75, 3.05) is 24.1 Å². The number of nitrogen functional groups attached to an aromatic ring is 1. The summed E-state index contributed by atoms with van der Waals surface area (Å²) >= 11 is 0. The Hall–Kier alpha value is -5.40. The monoisotopic (exact) mass is 641 g/mol. The predicted molar refractivity (Wildman–Crippen MR) is 171 cm³/mol. The van der Waals surface area contributed by atoms with Crippen LogP contribution in [-0.2, 0) is 17.8 Å². The Bertz CT molecular complexity index is 2090. The van der Waals surface area contributed by atoms with Crippen molar-refractivity contribution in [3.8, 4) is 16.9 Å². The number of hydrogen-bond acceptors (Lipinski definition) is 7. The Morgan fingerprint density at radius 3 is 2.53 bits per heavy atom. The third-order valence-corrected chi connectivity index (χ3v) is 8.96. The minimum absolute atomic E-state index is 0.00783. The molecule has 0 atom stereocenters. The molecular weight excluding hydrogens is 608 g/mol. The van der Waals surface area contributed by atoms with Gasteiger partial charge in [0, 0.05) is 54.3 Å². The van der Waals surface area contributed by atoms with E-state index in [0.717, 1.165) is 12.1 Å². The van der Waals surface area contributed by atoms with Gasteiger partial charge in [0.15, 0.2) is 17.3 Å². The van der Waals surface area contributed by atoms with Gasteiger partial charge in [0.05, 0.1) is 5.69 Å². The SMILES string of the molecule is CC(C)(F)C(=O)N1CCC(c2cc(-c3ccc(NC(=O)c4c5n(n(-c6ccccn6)c4=O)CCC5)cc3F)c3c(N)ncnn23)CC1. The highest BCUT2D eigenvalue weighted by Gasteiger charge is 2.35. The molecule has 0 unspecified atom stereocenters. The average molecular weight is 642 g/mol. The molecule has 0 bridgehead atoms. The number of piperidine rings is 1. The molecule has 1 aromatic carbocycles. The van der Waals surface area contributed by atoms with Crippen molar-refractivity contribution in [2.45, 2.75) is 57.7 Å². The topological polar surface area (TPSA) is 145 Å². The fourth-order valence-corrected chi connectivity index (χ4v) is 6.76. The maximum absolute atomic E-state index is 15.9. The normalized spacial score (nSPS) is 15.3. The summed E-state index contributed by atoms with van der Waals surface area (Å²) in [7, 11) is 0. The number of alkyl halides is 1. The van der Waals surface area contributed by atoms with Crippen molar-refractivity contribution in [1.82, 2.24) is 33.8 Å². The standard InChI is InChI=1S/C33H33F2N9O3/c1-33(2,35)32(47)41-14-10-19(11-15-41)25-17-22(28-29(36)38-18-39-43(25)28)21-9-8-20(16-23(21)34)40-30(45)27-24-6-5-13-42(24)44(31(27)46)26-7-3-4-12-37-26/h3-4,7-9,12,16-19H,5-6,10-11,13-15H2,1-2H3,(H,40,45)(H2,36,38,39). The van der Waals surface area contributed by atoms with Crippen LogP contribution in [0.5, 0.6) is 0 Å². The Kier molecular flexibility index (Phi) is 7.37. The Morgan fingerprint density at radius 2 is 1.83 bits per heavy atom. The quantitative estimate of drug-likeness (QED) is 0.284. The van der Waals surface area contributed by atoms with E-state index in [0.29, 0.717) is 61.5 Å². The van der Waals surface area contributed by atoms with E-state index in [1.165, 1.54) is 41.9 Å². The van der Waals surface area contributed by atoms with Crippen LogP contribution in [0, 0.1) is 5.82 Å². The lowest BCUT2D eigenvalue weighted by molar-refractivity contribution is -0.143. The summed E-state index contributed by atoms with van der Waals surface area (Å²) in [5, 5.41) is 7.11. The fourth-order valence-electron chi connectivity index (χ4n) is 6.76. The zero-order valence-corrected chi connectivity index (χ0v) is 25.9. The molecule has 7 rings (SSSR count). The third-order valence-electron chi connectivity index (χ3n) is 8.96. The summed E-state index contributed by atoms with van der Waals surface area (Å²) in [5.74, 6) is -1.26. The van der Waals surface area contributed by atoms with Crippen molar-refractivity contribution in [1.29, 1.82) is 0 Å². The number of amides is 2. The molecule has 47 heavy (non-hydrogen) atoms. The molecule has 2 amide bonds. The molecule has 2 aliphatic rings. The van der Waals surface area contributed by atoms with Gasteiger partial charge in [-0.05, 0) is 75.9 Å². The van der Waals surface area contributed by atoms with Gasteiger partial charge in [0.1, 0.15) is 23.2 Å². The molecule has 242 valence electrons. The van der Waals surface area contributed by atoms with Gasteiger partial charge in [-0.25, -0.2) is 23.3 Å². The van der Waals surface area contributed by atoms with Crippen molar-refractivity contribution in [3.63, 3.8) is 0 Å². The number of aromatic nitrogens is 6. The number of hydrogen-bond donors (Lipinski definition) is 2. The Morgan fingerprint density at radius 1 is 1.04 bits per heavy atom. The zero-order chi connectivity index (χ0) is 33.0.